The molecule has 28 heavy (non-hydrogen) atoms. The fourth-order valence-electron chi connectivity index (χ4n) is 3.51. The van der Waals surface area contributed by atoms with Gasteiger partial charge in [-0.15, -0.1) is 11.3 Å². The van der Waals surface area contributed by atoms with Crippen LogP contribution >= 0.6 is 11.3 Å². The van der Waals surface area contributed by atoms with E-state index in [0.29, 0.717) is 18.5 Å². The largest absolute Gasteiger partial charge is 0.465 e. The van der Waals surface area contributed by atoms with Gasteiger partial charge in [-0.25, -0.2) is 9.78 Å². The van der Waals surface area contributed by atoms with Crippen LogP contribution in [0.25, 0.3) is 22.7 Å². The van der Waals surface area contributed by atoms with E-state index in [2.05, 4.69) is 20.8 Å². The molecule has 0 unspecified atom stereocenters. The van der Waals surface area contributed by atoms with E-state index < -0.39 is 6.09 Å². The number of nitrogens with zero attached hydrogens (tertiary/aromatic N) is 2. The quantitative estimate of drug-likeness (QED) is 0.556. The van der Waals surface area contributed by atoms with Crippen molar-refractivity contribution in [1.82, 2.24) is 15.5 Å². The standard InChI is InChI=1S/C20H22N4O3S/c25-20(26)21-11-13-6-8-15(9-7-13)22-19-23-17(12-28-19)16-10-18(27-24-16)14-4-2-1-3-5-14/h1-5,10,12-13,15,21H,6-9,11H2,(H,22,23)(H,25,26). The zero-order valence-corrected chi connectivity index (χ0v) is 16.1. The number of aromatic nitrogens is 2. The summed E-state index contributed by atoms with van der Waals surface area (Å²) in [7, 11) is 0. The molecule has 4 rings (SSSR count). The molecule has 1 fully saturated rings. The topological polar surface area (TPSA) is 100 Å². The van der Waals surface area contributed by atoms with Gasteiger partial charge in [-0.3, -0.25) is 0 Å². The maximum Gasteiger partial charge on any atom is 0.404 e. The number of benzene rings is 1. The lowest BCUT2D eigenvalue weighted by Gasteiger charge is -2.28. The molecule has 0 atom stereocenters. The molecule has 146 valence electrons. The molecular formula is C20H22N4O3S. The lowest BCUT2D eigenvalue weighted by molar-refractivity contribution is 0.190. The zero-order chi connectivity index (χ0) is 19.3. The first kappa shape index (κ1) is 18.5. The third-order valence-electron chi connectivity index (χ3n) is 5.05. The van der Waals surface area contributed by atoms with E-state index in [0.717, 1.165) is 53.5 Å². The summed E-state index contributed by atoms with van der Waals surface area (Å²) >= 11 is 1.56. The number of hydrogen-bond donors (Lipinski definition) is 3. The van der Waals surface area contributed by atoms with E-state index in [-0.39, 0.29) is 0 Å². The summed E-state index contributed by atoms with van der Waals surface area (Å²) in [6.45, 7) is 0.541. The third kappa shape index (κ3) is 4.51. The van der Waals surface area contributed by atoms with Gasteiger partial charge in [-0.2, -0.15) is 0 Å². The fourth-order valence-corrected chi connectivity index (χ4v) is 4.29. The average molecular weight is 398 g/mol. The van der Waals surface area contributed by atoms with Crippen LogP contribution in [0.4, 0.5) is 9.93 Å². The van der Waals surface area contributed by atoms with E-state index >= 15 is 0 Å². The molecule has 0 saturated heterocycles. The van der Waals surface area contributed by atoms with Gasteiger partial charge in [0.1, 0.15) is 11.4 Å². The van der Waals surface area contributed by atoms with Gasteiger partial charge >= 0.3 is 6.09 Å². The Morgan fingerprint density at radius 1 is 1.18 bits per heavy atom. The van der Waals surface area contributed by atoms with Crippen molar-refractivity contribution in [1.29, 1.82) is 0 Å². The van der Waals surface area contributed by atoms with E-state index in [1.807, 2.05) is 41.8 Å². The summed E-state index contributed by atoms with van der Waals surface area (Å²) in [6.07, 6.45) is 3.12. The number of anilines is 1. The van der Waals surface area contributed by atoms with Crippen LogP contribution in [0.15, 0.2) is 46.3 Å². The molecule has 0 radical (unpaired) electrons. The van der Waals surface area contributed by atoms with Crippen LogP contribution in [0.2, 0.25) is 0 Å². The number of nitrogens with one attached hydrogen (secondary N) is 2. The van der Waals surface area contributed by atoms with Gasteiger partial charge in [0.15, 0.2) is 10.9 Å². The van der Waals surface area contributed by atoms with Crippen LogP contribution in [0, 0.1) is 5.92 Å². The maximum absolute atomic E-state index is 10.6. The van der Waals surface area contributed by atoms with E-state index in [1.165, 1.54) is 0 Å². The first-order valence-corrected chi connectivity index (χ1v) is 10.3. The number of rotatable bonds is 6. The second-order valence-corrected chi connectivity index (χ2v) is 7.89. The van der Waals surface area contributed by atoms with E-state index in [1.54, 1.807) is 11.3 Å². The first-order chi connectivity index (χ1) is 13.7. The Morgan fingerprint density at radius 3 is 2.71 bits per heavy atom. The molecule has 0 aliphatic heterocycles. The van der Waals surface area contributed by atoms with Crippen LogP contribution < -0.4 is 10.6 Å². The minimum absolute atomic E-state index is 0.372. The average Bonchev–Trinajstić information content (AvgIpc) is 3.38. The minimum Gasteiger partial charge on any atom is -0.465 e. The minimum atomic E-state index is -0.946. The lowest BCUT2D eigenvalue weighted by atomic mass is 9.86. The highest BCUT2D eigenvalue weighted by Gasteiger charge is 2.22. The fraction of sp³-hybridized carbons (Fsp3) is 0.350. The van der Waals surface area contributed by atoms with Crippen LogP contribution in [0.1, 0.15) is 25.7 Å². The third-order valence-corrected chi connectivity index (χ3v) is 5.82. The Balaban J connectivity index is 1.33. The molecule has 3 aromatic rings. The van der Waals surface area contributed by atoms with Crippen molar-refractivity contribution in [2.24, 2.45) is 5.92 Å². The number of amides is 1. The van der Waals surface area contributed by atoms with Crippen molar-refractivity contribution in [3.05, 3.63) is 41.8 Å². The summed E-state index contributed by atoms with van der Waals surface area (Å²) in [5.74, 6) is 1.15. The molecule has 0 spiro atoms. The van der Waals surface area contributed by atoms with Crippen LogP contribution in [0.5, 0.6) is 0 Å². The van der Waals surface area contributed by atoms with Gasteiger partial charge in [-0.05, 0) is 31.6 Å². The van der Waals surface area contributed by atoms with Gasteiger partial charge in [0.2, 0.25) is 0 Å². The molecule has 8 heteroatoms. The highest BCUT2D eigenvalue weighted by Crippen LogP contribution is 2.31. The van der Waals surface area contributed by atoms with Crippen molar-refractivity contribution >= 4 is 22.6 Å². The summed E-state index contributed by atoms with van der Waals surface area (Å²) in [5, 5.41) is 21.7. The Kier molecular flexibility index (Phi) is 5.57. The van der Waals surface area contributed by atoms with Crippen molar-refractivity contribution in [3.8, 4) is 22.7 Å². The first-order valence-electron chi connectivity index (χ1n) is 9.39. The van der Waals surface area contributed by atoms with Crippen LogP contribution in [-0.2, 0) is 0 Å². The van der Waals surface area contributed by atoms with Gasteiger partial charge < -0.3 is 20.3 Å². The monoisotopic (exact) mass is 398 g/mol. The molecule has 1 saturated carbocycles. The molecule has 2 aromatic heterocycles. The molecule has 3 N–H and O–H groups in total. The van der Waals surface area contributed by atoms with Crippen molar-refractivity contribution < 1.29 is 14.4 Å². The highest BCUT2D eigenvalue weighted by molar-refractivity contribution is 7.14. The van der Waals surface area contributed by atoms with Crippen LogP contribution in [0.3, 0.4) is 0 Å². The molecule has 1 aromatic carbocycles. The Morgan fingerprint density at radius 2 is 1.96 bits per heavy atom. The van der Waals surface area contributed by atoms with Gasteiger partial charge in [0.25, 0.3) is 0 Å². The normalized spacial score (nSPS) is 19.3. The number of carboxylic acid groups (broad SMARTS) is 1. The molecule has 0 bridgehead atoms. The summed E-state index contributed by atoms with van der Waals surface area (Å²) in [5.41, 5.74) is 2.52. The molecule has 1 aliphatic rings. The zero-order valence-electron chi connectivity index (χ0n) is 15.3. The molecule has 2 heterocycles. The Labute approximate surface area is 166 Å². The SMILES string of the molecule is O=C(O)NCC1CCC(Nc2nc(-c3cc(-c4ccccc4)on3)cs2)CC1. The van der Waals surface area contributed by atoms with Crippen molar-refractivity contribution in [2.75, 3.05) is 11.9 Å². The van der Waals surface area contributed by atoms with E-state index in [9.17, 15) is 4.79 Å². The van der Waals surface area contributed by atoms with Crippen molar-refractivity contribution in [2.45, 2.75) is 31.7 Å². The smallest absolute Gasteiger partial charge is 0.404 e. The van der Waals surface area contributed by atoms with Gasteiger partial charge in [0, 0.05) is 29.6 Å². The number of carbonyl (C=O) groups is 1. The molecule has 7 nitrogen and oxygen atoms in total. The molecule has 1 aliphatic carbocycles. The van der Waals surface area contributed by atoms with Gasteiger partial charge in [-0.1, -0.05) is 35.5 Å². The summed E-state index contributed by atoms with van der Waals surface area (Å²) in [4.78, 5) is 15.3. The second kappa shape index (κ2) is 8.43. The highest BCUT2D eigenvalue weighted by atomic mass is 32.1. The summed E-state index contributed by atoms with van der Waals surface area (Å²) < 4.78 is 5.46. The summed E-state index contributed by atoms with van der Waals surface area (Å²) in [6, 6.07) is 12.2. The van der Waals surface area contributed by atoms with E-state index in [4.69, 9.17) is 9.63 Å². The predicted octanol–water partition coefficient (Wildman–Crippen LogP) is 4.70. The van der Waals surface area contributed by atoms with Crippen molar-refractivity contribution in [3.63, 3.8) is 0 Å². The Bertz CT molecular complexity index is 916. The number of thiazole rings is 1. The number of hydrogen-bond acceptors (Lipinski definition) is 6. The molecule has 1 amide bonds. The van der Waals surface area contributed by atoms with Crippen LogP contribution in [-0.4, -0.2) is 33.9 Å². The maximum atomic E-state index is 10.6. The Hall–Kier alpha value is -2.87. The second-order valence-electron chi connectivity index (χ2n) is 7.03. The lowest BCUT2D eigenvalue weighted by Crippen LogP contribution is -2.33. The van der Waals surface area contributed by atoms with Gasteiger partial charge in [0.05, 0.1) is 0 Å². The predicted molar refractivity (Wildman–Crippen MR) is 108 cm³/mol. The molecular weight excluding hydrogens is 376 g/mol.